The highest BCUT2D eigenvalue weighted by Gasteiger charge is 2.62. The van der Waals surface area contributed by atoms with E-state index in [0.29, 0.717) is 15.7 Å². The zero-order chi connectivity index (χ0) is 20.1. The van der Waals surface area contributed by atoms with Crippen molar-refractivity contribution in [2.75, 3.05) is 18.6 Å². The summed E-state index contributed by atoms with van der Waals surface area (Å²) in [5.41, 5.74) is 5.29. The molecule has 0 saturated heterocycles. The molecule has 1 spiro atoms. The molecule has 3 rings (SSSR count). The molecule has 142 valence electrons. The van der Waals surface area contributed by atoms with Crippen molar-refractivity contribution in [3.63, 3.8) is 0 Å². The number of hydrogen-bond acceptors (Lipinski definition) is 6. The van der Waals surface area contributed by atoms with Crippen molar-refractivity contribution >= 4 is 39.3 Å². The minimum Gasteiger partial charge on any atom is -0.462 e. The number of ketones is 1. The minimum atomic E-state index is -1.71. The summed E-state index contributed by atoms with van der Waals surface area (Å²) < 4.78 is 11.3. The number of allylic oxidation sites excluding steroid dienone is 1. The number of carbonyl (C=O) groups is 3. The number of nitrogens with two attached hydrogens (primary N) is 1. The lowest BCUT2D eigenvalue weighted by Gasteiger charge is -2.36. The van der Waals surface area contributed by atoms with Gasteiger partial charge in [-0.1, -0.05) is 15.9 Å². The summed E-state index contributed by atoms with van der Waals surface area (Å²) in [5.74, 6) is -1.71. The van der Waals surface area contributed by atoms with Gasteiger partial charge >= 0.3 is 5.97 Å². The molecule has 1 unspecified atom stereocenters. The molecule has 2 aliphatic heterocycles. The molecule has 8 heteroatoms. The Bertz CT molecular complexity index is 949. The second-order valence-corrected chi connectivity index (χ2v) is 7.24. The maximum absolute atomic E-state index is 13.5. The first-order chi connectivity index (χ1) is 12.7. The first kappa shape index (κ1) is 19.2. The molecular weight excluding hydrogens is 416 g/mol. The van der Waals surface area contributed by atoms with Crippen molar-refractivity contribution in [2.45, 2.75) is 26.2 Å². The summed E-state index contributed by atoms with van der Waals surface area (Å²) in [6.07, 6.45) is 0. The monoisotopic (exact) mass is 434 g/mol. The highest BCUT2D eigenvalue weighted by molar-refractivity contribution is 9.10. The number of hydrogen-bond donors (Lipinski definition) is 1. The lowest BCUT2D eigenvalue weighted by atomic mass is 9.66. The van der Waals surface area contributed by atoms with Crippen molar-refractivity contribution in [3.8, 4) is 0 Å². The fourth-order valence-corrected chi connectivity index (χ4v) is 4.23. The molecule has 1 amide bonds. The first-order valence-corrected chi connectivity index (χ1v) is 9.12. The largest absolute Gasteiger partial charge is 0.462 e. The number of carbonyl (C=O) groups excluding carboxylic acids is 3. The highest BCUT2D eigenvalue weighted by Crippen LogP contribution is 2.54. The van der Waals surface area contributed by atoms with Gasteiger partial charge < -0.3 is 20.1 Å². The third kappa shape index (κ3) is 2.50. The average molecular weight is 435 g/mol. The van der Waals surface area contributed by atoms with Gasteiger partial charge in [-0.05, 0) is 39.0 Å². The van der Waals surface area contributed by atoms with E-state index in [1.54, 1.807) is 39.1 Å². The third-order valence-corrected chi connectivity index (χ3v) is 5.29. The van der Waals surface area contributed by atoms with E-state index in [4.69, 9.17) is 15.2 Å². The van der Waals surface area contributed by atoms with Crippen molar-refractivity contribution in [2.24, 2.45) is 5.73 Å². The Labute approximate surface area is 164 Å². The Morgan fingerprint density at radius 1 is 1.33 bits per heavy atom. The van der Waals surface area contributed by atoms with Gasteiger partial charge in [-0.3, -0.25) is 9.59 Å². The lowest BCUT2D eigenvalue weighted by Crippen LogP contribution is -2.49. The van der Waals surface area contributed by atoms with Crippen LogP contribution in [0.3, 0.4) is 0 Å². The molecule has 0 bridgehead atoms. The fraction of sp³-hybridized carbons (Fsp3) is 0.316. The Hall–Kier alpha value is -2.61. The van der Waals surface area contributed by atoms with E-state index in [1.807, 2.05) is 0 Å². The van der Waals surface area contributed by atoms with Gasteiger partial charge in [-0.15, -0.1) is 0 Å². The van der Waals surface area contributed by atoms with Crippen LogP contribution in [0.15, 0.2) is 45.5 Å². The van der Waals surface area contributed by atoms with Gasteiger partial charge in [0, 0.05) is 22.8 Å². The summed E-state index contributed by atoms with van der Waals surface area (Å²) in [7, 11) is 1.59. The molecule has 0 radical (unpaired) electrons. The zero-order valence-electron chi connectivity index (χ0n) is 15.4. The van der Waals surface area contributed by atoms with Gasteiger partial charge in [0.25, 0.3) is 0 Å². The number of Topliss-reactive ketones (excluding diaryl/α,β-unsaturated/α-hetero) is 1. The smallest absolute Gasteiger partial charge is 0.341 e. The molecule has 27 heavy (non-hydrogen) atoms. The number of rotatable bonds is 3. The topological polar surface area (TPSA) is 98.9 Å². The van der Waals surface area contributed by atoms with Crippen LogP contribution < -0.4 is 10.6 Å². The third-order valence-electron chi connectivity index (χ3n) is 4.79. The van der Waals surface area contributed by atoms with Crippen LogP contribution in [0.5, 0.6) is 0 Å². The van der Waals surface area contributed by atoms with E-state index in [0.717, 1.165) is 0 Å². The van der Waals surface area contributed by atoms with E-state index < -0.39 is 23.1 Å². The Kier molecular flexibility index (Phi) is 4.63. The van der Waals surface area contributed by atoms with Crippen molar-refractivity contribution in [1.29, 1.82) is 0 Å². The normalized spacial score (nSPS) is 21.5. The van der Waals surface area contributed by atoms with E-state index >= 15 is 0 Å². The summed E-state index contributed by atoms with van der Waals surface area (Å²) >= 11 is 3.40. The van der Waals surface area contributed by atoms with Crippen LogP contribution in [-0.2, 0) is 29.3 Å². The number of halogens is 1. The summed E-state index contributed by atoms with van der Waals surface area (Å²) in [4.78, 5) is 40.4. The molecule has 2 heterocycles. The van der Waals surface area contributed by atoms with Crippen molar-refractivity contribution in [1.82, 2.24) is 0 Å². The summed E-state index contributed by atoms with van der Waals surface area (Å²) in [5, 5.41) is 0. The van der Waals surface area contributed by atoms with Crippen LogP contribution in [-0.4, -0.2) is 31.3 Å². The van der Waals surface area contributed by atoms with Gasteiger partial charge in [0.05, 0.1) is 12.2 Å². The second-order valence-electron chi connectivity index (χ2n) is 6.32. The number of ether oxygens (including phenoxy) is 2. The molecule has 7 nitrogen and oxygen atoms in total. The molecule has 0 aromatic heterocycles. The Morgan fingerprint density at radius 3 is 2.59 bits per heavy atom. The summed E-state index contributed by atoms with van der Waals surface area (Å²) in [6.45, 7) is 4.61. The lowest BCUT2D eigenvalue weighted by molar-refractivity contribution is -0.141. The van der Waals surface area contributed by atoms with E-state index in [1.165, 1.54) is 11.8 Å². The average Bonchev–Trinajstić information content (AvgIpc) is 2.77. The molecule has 1 aromatic carbocycles. The van der Waals surface area contributed by atoms with Crippen LogP contribution in [0.1, 0.15) is 26.3 Å². The van der Waals surface area contributed by atoms with Crippen LogP contribution in [0.2, 0.25) is 0 Å². The Morgan fingerprint density at radius 2 is 2.00 bits per heavy atom. The SMILES string of the molecule is CCOC(=O)C1=C(N)OC(C)=C(C(C)=O)C12C(=O)N(C)c1ccc(Br)cc12. The van der Waals surface area contributed by atoms with Gasteiger partial charge in [0.15, 0.2) is 5.78 Å². The zero-order valence-corrected chi connectivity index (χ0v) is 17.0. The highest BCUT2D eigenvalue weighted by atomic mass is 79.9. The molecule has 0 fully saturated rings. The van der Waals surface area contributed by atoms with Gasteiger partial charge in [0.1, 0.15) is 16.7 Å². The van der Waals surface area contributed by atoms with Crippen LogP contribution in [0.4, 0.5) is 5.69 Å². The molecule has 0 aliphatic carbocycles. The maximum atomic E-state index is 13.5. The van der Waals surface area contributed by atoms with Crippen molar-refractivity contribution < 1.29 is 23.9 Å². The first-order valence-electron chi connectivity index (χ1n) is 8.33. The quantitative estimate of drug-likeness (QED) is 0.732. The number of fused-ring (bicyclic) bond motifs is 2. The van der Waals surface area contributed by atoms with Crippen LogP contribution >= 0.6 is 15.9 Å². The molecule has 0 saturated carbocycles. The number of benzene rings is 1. The van der Waals surface area contributed by atoms with Gasteiger partial charge in [-0.2, -0.15) is 0 Å². The summed E-state index contributed by atoms with van der Waals surface area (Å²) in [6, 6.07) is 5.24. The van der Waals surface area contributed by atoms with E-state index in [2.05, 4.69) is 15.9 Å². The molecule has 1 atom stereocenters. The minimum absolute atomic E-state index is 0.0773. The molecule has 2 aliphatic rings. The van der Waals surface area contributed by atoms with Crippen LogP contribution in [0, 0.1) is 0 Å². The number of nitrogens with zero attached hydrogens (tertiary/aromatic N) is 1. The number of anilines is 1. The van der Waals surface area contributed by atoms with E-state index in [-0.39, 0.29) is 29.4 Å². The van der Waals surface area contributed by atoms with Crippen molar-refractivity contribution in [3.05, 3.63) is 51.0 Å². The predicted octanol–water partition coefficient (Wildman–Crippen LogP) is 2.29. The standard InChI is InChI=1S/C19H19BrN2O5/c1-5-26-17(24)15-16(21)27-10(3)14(9(2)23)19(15)12-8-11(20)6-7-13(12)22(4)18(19)25/h6-8H,5,21H2,1-4H3. The molecular formula is C19H19BrN2O5. The number of amides is 1. The number of esters is 1. The molecule has 2 N–H and O–H groups in total. The maximum Gasteiger partial charge on any atom is 0.341 e. The predicted molar refractivity (Wildman–Crippen MR) is 102 cm³/mol. The number of likely N-dealkylation sites (N-methyl/N-ethyl adjacent to an activating group) is 1. The van der Waals surface area contributed by atoms with Gasteiger partial charge in [-0.25, -0.2) is 4.79 Å². The Balaban J connectivity index is 2.48. The van der Waals surface area contributed by atoms with Gasteiger partial charge in [0.2, 0.25) is 11.8 Å². The second kappa shape index (κ2) is 6.53. The van der Waals surface area contributed by atoms with Crippen LogP contribution in [0.25, 0.3) is 0 Å². The van der Waals surface area contributed by atoms with E-state index in [9.17, 15) is 14.4 Å². The fourth-order valence-electron chi connectivity index (χ4n) is 3.87. The molecule has 1 aromatic rings.